The van der Waals surface area contributed by atoms with E-state index in [4.69, 9.17) is 4.74 Å². The summed E-state index contributed by atoms with van der Waals surface area (Å²) in [6, 6.07) is 19.3. The van der Waals surface area contributed by atoms with E-state index in [1.807, 2.05) is 0 Å². The number of likely N-dealkylation sites (tertiary alicyclic amines) is 2. The van der Waals surface area contributed by atoms with Crippen LogP contribution >= 0.6 is 0 Å². The largest absolute Gasteiger partial charge is 0.480 e. The zero-order chi connectivity index (χ0) is 31.3. The molecule has 4 aliphatic rings. The Kier molecular flexibility index (Phi) is 10.5. The van der Waals surface area contributed by atoms with Gasteiger partial charge < -0.3 is 19.6 Å². The first-order valence-electron chi connectivity index (χ1n) is 17.6. The highest BCUT2D eigenvalue weighted by Gasteiger charge is 2.46. The lowest BCUT2D eigenvalue weighted by molar-refractivity contribution is -0.145. The minimum atomic E-state index is -0.643. The van der Waals surface area contributed by atoms with Gasteiger partial charge in [0.15, 0.2) is 0 Å². The minimum absolute atomic E-state index is 0.145. The third-order valence-electron chi connectivity index (χ3n) is 11.3. The van der Waals surface area contributed by atoms with Crippen molar-refractivity contribution >= 4 is 12.1 Å². The average molecular weight is 616 g/mol. The highest BCUT2D eigenvalue weighted by molar-refractivity contribution is 5.74. The van der Waals surface area contributed by atoms with E-state index in [-0.39, 0.29) is 24.1 Å². The molecular formula is C38H53N3O4. The van der Waals surface area contributed by atoms with Crippen molar-refractivity contribution in [3.8, 4) is 0 Å². The number of aliphatic carboxylic acids is 1. The van der Waals surface area contributed by atoms with Gasteiger partial charge in [-0.2, -0.15) is 0 Å². The Hall–Kier alpha value is -2.90. The molecule has 244 valence electrons. The van der Waals surface area contributed by atoms with Gasteiger partial charge in [-0.05, 0) is 67.9 Å². The van der Waals surface area contributed by atoms with Gasteiger partial charge in [0.1, 0.15) is 6.04 Å². The van der Waals surface area contributed by atoms with Crippen LogP contribution in [0.2, 0.25) is 0 Å². The van der Waals surface area contributed by atoms with Crippen LogP contribution in [0.1, 0.15) is 80.9 Å². The Labute approximate surface area is 269 Å². The van der Waals surface area contributed by atoms with Crippen LogP contribution < -0.4 is 0 Å². The van der Waals surface area contributed by atoms with Gasteiger partial charge in [-0.25, -0.2) is 4.79 Å². The van der Waals surface area contributed by atoms with Crippen LogP contribution in [0, 0.1) is 24.7 Å². The van der Waals surface area contributed by atoms with E-state index in [1.165, 1.54) is 23.1 Å². The highest BCUT2D eigenvalue weighted by atomic mass is 16.6. The summed E-state index contributed by atoms with van der Waals surface area (Å²) in [4.78, 5) is 33.0. The quantitative estimate of drug-likeness (QED) is 0.307. The second-order valence-electron chi connectivity index (χ2n) is 14.5. The van der Waals surface area contributed by atoms with Gasteiger partial charge in [0.2, 0.25) is 0 Å². The molecular weight excluding hydrogens is 562 g/mol. The van der Waals surface area contributed by atoms with Crippen molar-refractivity contribution < 1.29 is 19.4 Å². The molecule has 1 amide bonds. The second kappa shape index (κ2) is 14.7. The Balaban J connectivity index is 1.07. The lowest BCUT2D eigenvalue weighted by Crippen LogP contribution is -2.50. The minimum Gasteiger partial charge on any atom is -0.480 e. The van der Waals surface area contributed by atoms with Crippen molar-refractivity contribution in [1.82, 2.24) is 14.7 Å². The van der Waals surface area contributed by atoms with E-state index in [9.17, 15) is 14.7 Å². The molecule has 7 heteroatoms. The molecule has 0 aromatic heterocycles. The van der Waals surface area contributed by atoms with E-state index in [2.05, 4.69) is 83.1 Å². The van der Waals surface area contributed by atoms with Gasteiger partial charge >= 0.3 is 12.1 Å². The fourth-order valence-corrected chi connectivity index (χ4v) is 8.54. The number of hydrogen-bond acceptors (Lipinski definition) is 5. The van der Waals surface area contributed by atoms with Crippen LogP contribution in [0.25, 0.3) is 0 Å². The third-order valence-corrected chi connectivity index (χ3v) is 11.3. The summed E-state index contributed by atoms with van der Waals surface area (Å²) >= 11 is 0. The maximum absolute atomic E-state index is 13.4. The van der Waals surface area contributed by atoms with E-state index in [0.29, 0.717) is 30.4 Å². The summed E-state index contributed by atoms with van der Waals surface area (Å²) in [5, 5.41) is 10.4. The molecule has 2 saturated heterocycles. The van der Waals surface area contributed by atoms with Crippen LogP contribution in [0.3, 0.4) is 0 Å². The van der Waals surface area contributed by atoms with E-state index in [1.54, 1.807) is 0 Å². The normalized spacial score (nSPS) is 27.2. The number of carboxylic acids is 1. The van der Waals surface area contributed by atoms with Crippen molar-refractivity contribution in [2.24, 2.45) is 17.8 Å². The van der Waals surface area contributed by atoms with Gasteiger partial charge in [0.05, 0.1) is 6.61 Å². The van der Waals surface area contributed by atoms with Gasteiger partial charge in [-0.15, -0.1) is 0 Å². The topological polar surface area (TPSA) is 73.3 Å². The molecule has 2 saturated carbocycles. The van der Waals surface area contributed by atoms with Gasteiger partial charge in [0, 0.05) is 57.1 Å². The number of hydrogen-bond donors (Lipinski definition) is 1. The zero-order valence-electron chi connectivity index (χ0n) is 27.4. The number of nitrogens with zero attached hydrogens (tertiary/aromatic N) is 3. The van der Waals surface area contributed by atoms with E-state index in [0.717, 1.165) is 84.1 Å². The number of piperidine rings is 1. The molecule has 2 heterocycles. The van der Waals surface area contributed by atoms with Crippen LogP contribution in [0.4, 0.5) is 4.79 Å². The molecule has 2 unspecified atom stereocenters. The predicted octanol–water partition coefficient (Wildman–Crippen LogP) is 6.60. The average Bonchev–Trinajstić information content (AvgIpc) is 3.62. The van der Waals surface area contributed by atoms with Crippen molar-refractivity contribution in [3.05, 3.63) is 71.3 Å². The SMILES string of the molecule is Cc1ccc(CCOC(=O)N(C2CCN(C[C@H]3CN([C@@H](C(=O)O)C4CCCCC4)C[C@@H]3c3ccccc3)CC2)C2CC2C)cc1. The number of carboxylic acid groups (broad SMARTS) is 1. The standard InChI is InChI=1S/C38H53N3O4/c1-27-13-15-29(16-14-27)19-22-45-38(44)41(35-23-28(35)2)33-17-20-39(21-18-33)24-32-25-40(26-34(32)30-9-5-3-6-10-30)36(37(42)43)31-11-7-4-8-12-31/h3,5-6,9-10,13-16,28,31-36H,4,7-8,11-12,17-26H2,1-2H3,(H,42,43)/t28?,32-,34+,35?,36+/m0/s1. The van der Waals surface area contributed by atoms with Crippen LogP contribution in [0.5, 0.6) is 0 Å². The first-order valence-corrected chi connectivity index (χ1v) is 17.6. The molecule has 0 radical (unpaired) electrons. The molecule has 2 aromatic rings. The highest BCUT2D eigenvalue weighted by Crippen LogP contribution is 2.40. The molecule has 2 aliphatic heterocycles. The Morgan fingerprint density at radius 3 is 2.29 bits per heavy atom. The van der Waals surface area contributed by atoms with Crippen LogP contribution in [-0.4, -0.2) is 89.3 Å². The molecule has 1 N–H and O–H groups in total. The van der Waals surface area contributed by atoms with Crippen molar-refractivity contribution in [2.45, 2.75) is 95.7 Å². The zero-order valence-corrected chi connectivity index (χ0v) is 27.4. The molecule has 45 heavy (non-hydrogen) atoms. The Morgan fingerprint density at radius 1 is 0.956 bits per heavy atom. The van der Waals surface area contributed by atoms with E-state index >= 15 is 0 Å². The third kappa shape index (κ3) is 7.91. The summed E-state index contributed by atoms with van der Waals surface area (Å²) in [7, 11) is 0. The summed E-state index contributed by atoms with van der Waals surface area (Å²) in [6.07, 6.45) is 9.19. The molecule has 0 spiro atoms. The van der Waals surface area contributed by atoms with E-state index < -0.39 is 5.97 Å². The fourth-order valence-electron chi connectivity index (χ4n) is 8.54. The molecule has 0 bridgehead atoms. The number of benzene rings is 2. The lowest BCUT2D eigenvalue weighted by Gasteiger charge is -2.39. The van der Waals surface area contributed by atoms with Crippen molar-refractivity contribution in [1.29, 1.82) is 0 Å². The molecule has 5 atom stereocenters. The van der Waals surface area contributed by atoms with Crippen LogP contribution in [-0.2, 0) is 16.0 Å². The number of carbonyl (C=O) groups excluding carboxylic acids is 1. The monoisotopic (exact) mass is 615 g/mol. The van der Waals surface area contributed by atoms with Crippen molar-refractivity contribution in [2.75, 3.05) is 39.3 Å². The number of ether oxygens (including phenoxy) is 1. The summed E-state index contributed by atoms with van der Waals surface area (Å²) in [5.41, 5.74) is 3.76. The van der Waals surface area contributed by atoms with Gasteiger partial charge in [0.25, 0.3) is 0 Å². The molecule has 2 aromatic carbocycles. The lowest BCUT2D eigenvalue weighted by atomic mass is 9.83. The maximum Gasteiger partial charge on any atom is 0.410 e. The van der Waals surface area contributed by atoms with Gasteiger partial charge in [-0.1, -0.05) is 86.3 Å². The first-order chi connectivity index (χ1) is 21.9. The summed E-state index contributed by atoms with van der Waals surface area (Å²) in [5.74, 6) is 0.877. The first kappa shape index (κ1) is 32.1. The number of rotatable bonds is 11. The molecule has 7 nitrogen and oxygen atoms in total. The second-order valence-corrected chi connectivity index (χ2v) is 14.5. The summed E-state index contributed by atoms with van der Waals surface area (Å²) in [6.45, 7) is 9.28. The molecule has 6 rings (SSSR count). The number of aryl methyl sites for hydroxylation is 1. The fraction of sp³-hybridized carbons (Fsp3) is 0.632. The Morgan fingerprint density at radius 2 is 1.64 bits per heavy atom. The smallest absolute Gasteiger partial charge is 0.410 e. The van der Waals surface area contributed by atoms with Gasteiger partial charge in [-0.3, -0.25) is 9.69 Å². The number of carbonyl (C=O) groups is 2. The maximum atomic E-state index is 13.4. The van der Waals surface area contributed by atoms with Crippen LogP contribution in [0.15, 0.2) is 54.6 Å². The Bertz CT molecular complexity index is 1260. The number of amides is 1. The molecule has 4 fully saturated rings. The molecule has 2 aliphatic carbocycles. The van der Waals surface area contributed by atoms with Crippen molar-refractivity contribution in [3.63, 3.8) is 0 Å². The summed E-state index contributed by atoms with van der Waals surface area (Å²) < 4.78 is 5.86. The predicted molar refractivity (Wildman–Crippen MR) is 177 cm³/mol.